The molecule has 152 valence electrons. The second-order valence-electron chi connectivity index (χ2n) is 8.14. The molecule has 6 rings (SSSR count). The fourth-order valence-corrected chi connectivity index (χ4v) is 4.12. The van der Waals surface area contributed by atoms with Crippen LogP contribution < -0.4 is 0 Å². The summed E-state index contributed by atoms with van der Waals surface area (Å²) < 4.78 is 7.18. The summed E-state index contributed by atoms with van der Waals surface area (Å²) in [6, 6.07) is 7.83. The lowest BCUT2D eigenvalue weighted by atomic mass is 10.0. The molecule has 0 bridgehead atoms. The molecule has 1 unspecified atom stereocenters. The van der Waals surface area contributed by atoms with E-state index in [1.165, 1.54) is 0 Å². The van der Waals surface area contributed by atoms with Crippen LogP contribution in [0.25, 0.3) is 22.5 Å². The normalized spacial score (nSPS) is 19.5. The lowest BCUT2D eigenvalue weighted by Crippen LogP contribution is -2.40. The second-order valence-corrected chi connectivity index (χ2v) is 8.14. The number of nitrogens with zero attached hydrogens (tertiary/aromatic N) is 6. The van der Waals surface area contributed by atoms with Gasteiger partial charge in [0.1, 0.15) is 0 Å². The average Bonchev–Trinajstić information content (AvgIpc) is 3.19. The summed E-state index contributed by atoms with van der Waals surface area (Å²) in [4.78, 5) is 22.6. The quantitative estimate of drug-likeness (QED) is 0.561. The van der Waals surface area contributed by atoms with Crippen molar-refractivity contribution in [3.8, 4) is 11.6 Å². The number of likely N-dealkylation sites (tertiary alicyclic amines) is 1. The van der Waals surface area contributed by atoms with Crippen LogP contribution in [0.2, 0.25) is 0 Å². The number of rotatable bonds is 4. The van der Waals surface area contributed by atoms with Crippen molar-refractivity contribution in [2.45, 2.75) is 37.6 Å². The number of fused-ring (bicyclic) bond motifs is 1. The van der Waals surface area contributed by atoms with Crippen LogP contribution in [-0.2, 0) is 0 Å². The molecule has 2 aliphatic rings. The van der Waals surface area contributed by atoms with Gasteiger partial charge in [0.25, 0.3) is 11.8 Å². The minimum Gasteiger partial charge on any atom is -0.361 e. The van der Waals surface area contributed by atoms with Gasteiger partial charge in [-0.25, -0.2) is 4.68 Å². The maximum absolute atomic E-state index is 13.1. The van der Waals surface area contributed by atoms with Gasteiger partial charge < -0.3 is 14.4 Å². The number of carbonyl (C=O) groups excluding carboxylic acids is 1. The Morgan fingerprint density at radius 2 is 2.13 bits per heavy atom. The molecule has 1 saturated heterocycles. The number of aromatic nitrogens is 6. The molecule has 9 heteroatoms. The third kappa shape index (κ3) is 3.06. The van der Waals surface area contributed by atoms with Crippen molar-refractivity contribution < 1.29 is 9.32 Å². The highest BCUT2D eigenvalue weighted by atomic mass is 16.5. The number of aromatic amines is 1. The van der Waals surface area contributed by atoms with Crippen molar-refractivity contribution in [2.24, 2.45) is 0 Å². The van der Waals surface area contributed by atoms with Crippen molar-refractivity contribution in [3.05, 3.63) is 48.0 Å². The molecule has 30 heavy (non-hydrogen) atoms. The molecule has 4 heterocycles. The molecule has 9 nitrogen and oxygen atoms in total. The molecule has 1 saturated carbocycles. The molecule has 1 aliphatic heterocycles. The highest BCUT2D eigenvalue weighted by Crippen LogP contribution is 2.38. The lowest BCUT2D eigenvalue weighted by molar-refractivity contribution is 0.0672. The Hall–Kier alpha value is -3.49. The second kappa shape index (κ2) is 6.79. The van der Waals surface area contributed by atoms with E-state index < -0.39 is 0 Å². The third-order valence-corrected chi connectivity index (χ3v) is 5.97. The van der Waals surface area contributed by atoms with Crippen LogP contribution in [0, 0.1) is 0 Å². The Labute approximate surface area is 172 Å². The monoisotopic (exact) mass is 403 g/mol. The van der Waals surface area contributed by atoms with Gasteiger partial charge in [0, 0.05) is 41.7 Å². The standard InChI is InChI=1S/C21H21N7O2/c29-21(15-5-6-17-14(10-15)7-8-22-17)27-9-1-2-16(11-27)28-12-18(24-26-28)20-23-19(25-30-20)13-3-4-13/h5-8,10,12-13,16,22H,1-4,9,11H2. The van der Waals surface area contributed by atoms with E-state index in [1.54, 1.807) is 0 Å². The number of carbonyl (C=O) groups is 1. The van der Waals surface area contributed by atoms with Crippen LogP contribution in [0.15, 0.2) is 41.2 Å². The van der Waals surface area contributed by atoms with E-state index in [0.29, 0.717) is 29.6 Å². The van der Waals surface area contributed by atoms with Gasteiger partial charge in [0.2, 0.25) is 0 Å². The zero-order valence-corrected chi connectivity index (χ0v) is 16.4. The number of benzene rings is 1. The van der Waals surface area contributed by atoms with Gasteiger partial charge in [-0.2, -0.15) is 4.98 Å². The highest BCUT2D eigenvalue weighted by Gasteiger charge is 2.30. The summed E-state index contributed by atoms with van der Waals surface area (Å²) >= 11 is 0. The van der Waals surface area contributed by atoms with Gasteiger partial charge in [-0.15, -0.1) is 5.10 Å². The Morgan fingerprint density at radius 1 is 1.20 bits per heavy atom. The Kier molecular flexibility index (Phi) is 3.93. The molecular formula is C21H21N7O2. The number of nitrogens with one attached hydrogen (secondary N) is 1. The summed E-state index contributed by atoms with van der Waals surface area (Å²) in [5, 5.41) is 13.6. The van der Waals surface area contributed by atoms with Crippen LogP contribution in [0.4, 0.5) is 0 Å². The Bertz CT molecular complexity index is 1220. The first-order valence-corrected chi connectivity index (χ1v) is 10.4. The SMILES string of the molecule is O=C(c1ccc2[nH]ccc2c1)N1CCCC(n2cc(-c3nc(C4CC4)no3)nn2)C1. The average molecular weight is 403 g/mol. The van der Waals surface area contributed by atoms with Gasteiger partial charge in [0.15, 0.2) is 11.5 Å². The minimum atomic E-state index is 0.0501. The first-order valence-electron chi connectivity index (χ1n) is 10.4. The molecule has 2 fully saturated rings. The molecular weight excluding hydrogens is 382 g/mol. The fourth-order valence-electron chi connectivity index (χ4n) is 4.12. The van der Waals surface area contributed by atoms with Gasteiger partial charge in [0.05, 0.1) is 12.2 Å². The number of hydrogen-bond acceptors (Lipinski definition) is 6. The number of amides is 1. The summed E-state index contributed by atoms with van der Waals surface area (Å²) in [6.45, 7) is 1.35. The summed E-state index contributed by atoms with van der Waals surface area (Å²) in [5.74, 6) is 1.65. The predicted octanol–water partition coefficient (Wildman–Crippen LogP) is 3.16. The zero-order valence-electron chi connectivity index (χ0n) is 16.4. The third-order valence-electron chi connectivity index (χ3n) is 5.97. The molecule has 1 atom stereocenters. The zero-order chi connectivity index (χ0) is 20.1. The van der Waals surface area contributed by atoms with Crippen molar-refractivity contribution in [2.75, 3.05) is 13.1 Å². The molecule has 1 aromatic carbocycles. The molecule has 0 spiro atoms. The van der Waals surface area contributed by atoms with Crippen LogP contribution in [0.5, 0.6) is 0 Å². The number of H-pyrrole nitrogens is 1. The van der Waals surface area contributed by atoms with E-state index in [2.05, 4.69) is 25.4 Å². The maximum Gasteiger partial charge on any atom is 0.280 e. The van der Waals surface area contributed by atoms with Gasteiger partial charge >= 0.3 is 0 Å². The molecule has 1 aliphatic carbocycles. The first kappa shape index (κ1) is 17.4. The fraction of sp³-hybridized carbons (Fsp3) is 0.381. The van der Waals surface area contributed by atoms with E-state index in [4.69, 9.17) is 4.52 Å². The largest absolute Gasteiger partial charge is 0.361 e. The highest BCUT2D eigenvalue weighted by molar-refractivity contribution is 5.98. The topological polar surface area (TPSA) is 106 Å². The van der Waals surface area contributed by atoms with E-state index >= 15 is 0 Å². The Morgan fingerprint density at radius 3 is 3.03 bits per heavy atom. The molecule has 4 aromatic rings. The van der Waals surface area contributed by atoms with E-state index in [1.807, 2.05) is 46.2 Å². The van der Waals surface area contributed by atoms with Gasteiger partial charge in [-0.05, 0) is 49.9 Å². The van der Waals surface area contributed by atoms with Gasteiger partial charge in [-0.1, -0.05) is 10.4 Å². The molecule has 1 N–H and O–H groups in total. The minimum absolute atomic E-state index is 0.0501. The summed E-state index contributed by atoms with van der Waals surface area (Å²) in [7, 11) is 0. The molecule has 3 aromatic heterocycles. The molecule has 1 amide bonds. The maximum atomic E-state index is 13.1. The van der Waals surface area contributed by atoms with Crippen molar-refractivity contribution in [3.63, 3.8) is 0 Å². The smallest absolute Gasteiger partial charge is 0.280 e. The van der Waals surface area contributed by atoms with E-state index in [9.17, 15) is 4.79 Å². The number of hydrogen-bond donors (Lipinski definition) is 1. The van der Waals surface area contributed by atoms with E-state index in [0.717, 1.165) is 49.0 Å². The predicted molar refractivity (Wildman–Crippen MR) is 108 cm³/mol. The van der Waals surface area contributed by atoms with E-state index in [-0.39, 0.29) is 11.9 Å². The van der Waals surface area contributed by atoms with Crippen LogP contribution in [0.1, 0.15) is 53.8 Å². The van der Waals surface area contributed by atoms with Gasteiger partial charge in [-0.3, -0.25) is 4.79 Å². The summed E-state index contributed by atoms with van der Waals surface area (Å²) in [6.07, 6.45) is 7.83. The van der Waals surface area contributed by atoms with Crippen molar-refractivity contribution in [1.29, 1.82) is 0 Å². The lowest BCUT2D eigenvalue weighted by Gasteiger charge is -2.32. The van der Waals surface area contributed by atoms with Crippen LogP contribution >= 0.6 is 0 Å². The number of piperidine rings is 1. The molecule has 0 radical (unpaired) electrons. The van der Waals surface area contributed by atoms with Crippen molar-refractivity contribution >= 4 is 16.8 Å². The summed E-state index contributed by atoms with van der Waals surface area (Å²) in [5.41, 5.74) is 2.32. The Balaban J connectivity index is 1.19. The van der Waals surface area contributed by atoms with Crippen LogP contribution in [0.3, 0.4) is 0 Å². The van der Waals surface area contributed by atoms with Crippen molar-refractivity contribution in [1.82, 2.24) is 35.0 Å². The first-order chi connectivity index (χ1) is 14.7. The van der Waals surface area contributed by atoms with Crippen LogP contribution in [-0.4, -0.2) is 54.0 Å².